The van der Waals surface area contributed by atoms with Crippen LogP contribution < -0.4 is 9.64 Å². The number of aliphatic hydroxyl groups excluding tert-OH is 1. The lowest BCUT2D eigenvalue weighted by Gasteiger charge is -2.29. The van der Waals surface area contributed by atoms with Crippen LogP contribution in [-0.2, 0) is 4.79 Å². The largest absolute Gasteiger partial charge is 0.457 e. The Balaban J connectivity index is 1.90. The molecule has 174 valence electrons. The third-order valence-corrected chi connectivity index (χ3v) is 5.10. The SMILES string of the molecule is CCC(=O)C1=CCC=CC(CN(CC(O)C(F)(F)F)c2cccc(Oc3ccccc3)c2)=C1. The summed E-state index contributed by atoms with van der Waals surface area (Å²) in [7, 11) is 0. The molecule has 1 aliphatic carbocycles. The number of allylic oxidation sites excluding steroid dienone is 4. The second kappa shape index (κ2) is 11.0. The van der Waals surface area contributed by atoms with E-state index >= 15 is 0 Å². The molecule has 1 aliphatic rings. The molecule has 0 heterocycles. The minimum absolute atomic E-state index is 0.0312. The van der Waals surface area contributed by atoms with Gasteiger partial charge in [0.05, 0.1) is 6.54 Å². The summed E-state index contributed by atoms with van der Waals surface area (Å²) in [5.41, 5.74) is 1.66. The average molecular weight is 457 g/mol. The van der Waals surface area contributed by atoms with Crippen molar-refractivity contribution in [1.29, 1.82) is 0 Å². The van der Waals surface area contributed by atoms with Crippen molar-refractivity contribution in [1.82, 2.24) is 0 Å². The van der Waals surface area contributed by atoms with Crippen molar-refractivity contribution >= 4 is 11.5 Å². The molecule has 2 aromatic carbocycles. The van der Waals surface area contributed by atoms with Crippen LogP contribution in [-0.4, -0.2) is 36.3 Å². The van der Waals surface area contributed by atoms with Crippen LogP contribution in [0.2, 0.25) is 0 Å². The Hall–Kier alpha value is -3.32. The summed E-state index contributed by atoms with van der Waals surface area (Å²) >= 11 is 0. The van der Waals surface area contributed by atoms with Crippen molar-refractivity contribution in [2.75, 3.05) is 18.0 Å². The van der Waals surface area contributed by atoms with E-state index in [0.29, 0.717) is 41.2 Å². The fourth-order valence-corrected chi connectivity index (χ4v) is 3.38. The van der Waals surface area contributed by atoms with E-state index in [4.69, 9.17) is 4.74 Å². The Kier molecular flexibility index (Phi) is 8.11. The Labute approximate surface area is 191 Å². The van der Waals surface area contributed by atoms with E-state index in [0.717, 1.165) is 0 Å². The average Bonchev–Trinajstić information content (AvgIpc) is 3.04. The summed E-state index contributed by atoms with van der Waals surface area (Å²) in [6, 6.07) is 15.7. The topological polar surface area (TPSA) is 49.8 Å². The lowest BCUT2D eigenvalue weighted by Crippen LogP contribution is -2.41. The van der Waals surface area contributed by atoms with Crippen molar-refractivity contribution in [3.63, 3.8) is 0 Å². The molecule has 0 radical (unpaired) electrons. The number of hydrogen-bond donors (Lipinski definition) is 1. The first kappa shape index (κ1) is 24.3. The molecule has 7 heteroatoms. The Morgan fingerprint density at radius 2 is 1.85 bits per heavy atom. The molecule has 1 unspecified atom stereocenters. The molecular formula is C26H26F3NO3. The van der Waals surface area contributed by atoms with E-state index in [2.05, 4.69) is 0 Å². The monoisotopic (exact) mass is 457 g/mol. The molecule has 0 bridgehead atoms. The Morgan fingerprint density at radius 3 is 2.55 bits per heavy atom. The minimum Gasteiger partial charge on any atom is -0.457 e. The number of anilines is 1. The molecule has 0 amide bonds. The first-order chi connectivity index (χ1) is 15.8. The van der Waals surface area contributed by atoms with Gasteiger partial charge in [-0.15, -0.1) is 0 Å². The second-order valence-corrected chi connectivity index (χ2v) is 7.64. The van der Waals surface area contributed by atoms with Gasteiger partial charge in [-0.3, -0.25) is 4.79 Å². The van der Waals surface area contributed by atoms with E-state index in [1.165, 1.54) is 4.90 Å². The van der Waals surface area contributed by atoms with Crippen LogP contribution in [0.4, 0.5) is 18.9 Å². The van der Waals surface area contributed by atoms with Gasteiger partial charge >= 0.3 is 6.18 Å². The first-order valence-corrected chi connectivity index (χ1v) is 10.7. The van der Waals surface area contributed by atoms with Crippen molar-refractivity contribution < 1.29 is 27.8 Å². The number of hydrogen-bond acceptors (Lipinski definition) is 4. The van der Waals surface area contributed by atoms with Gasteiger partial charge in [0, 0.05) is 30.3 Å². The van der Waals surface area contributed by atoms with Gasteiger partial charge in [-0.05, 0) is 42.3 Å². The zero-order chi connectivity index (χ0) is 23.8. The lowest BCUT2D eigenvalue weighted by molar-refractivity contribution is -0.200. The number of ether oxygens (including phenoxy) is 1. The molecule has 1 atom stereocenters. The maximum Gasteiger partial charge on any atom is 0.416 e. The smallest absolute Gasteiger partial charge is 0.416 e. The first-order valence-electron chi connectivity index (χ1n) is 10.7. The molecule has 0 aliphatic heterocycles. The van der Waals surface area contributed by atoms with Crippen LogP contribution in [0.25, 0.3) is 0 Å². The van der Waals surface area contributed by atoms with Gasteiger partial charge in [-0.25, -0.2) is 0 Å². The van der Waals surface area contributed by atoms with E-state index in [1.807, 2.05) is 24.3 Å². The number of carbonyl (C=O) groups excluding carboxylic acids is 1. The van der Waals surface area contributed by atoms with Crippen molar-refractivity contribution in [2.24, 2.45) is 0 Å². The number of ketones is 1. The maximum atomic E-state index is 13.2. The highest BCUT2D eigenvalue weighted by Gasteiger charge is 2.39. The Morgan fingerprint density at radius 1 is 1.12 bits per heavy atom. The predicted molar refractivity (Wildman–Crippen MR) is 122 cm³/mol. The molecule has 0 fully saturated rings. The summed E-state index contributed by atoms with van der Waals surface area (Å²) in [5, 5.41) is 9.78. The summed E-state index contributed by atoms with van der Waals surface area (Å²) in [6.07, 6.45) is 0.772. The quantitative estimate of drug-likeness (QED) is 0.502. The third kappa shape index (κ3) is 7.08. The van der Waals surface area contributed by atoms with Crippen LogP contribution in [0.1, 0.15) is 19.8 Å². The van der Waals surface area contributed by atoms with Gasteiger partial charge < -0.3 is 14.7 Å². The molecule has 33 heavy (non-hydrogen) atoms. The highest BCUT2D eigenvalue weighted by atomic mass is 19.4. The van der Waals surface area contributed by atoms with Gasteiger partial charge in [0.2, 0.25) is 0 Å². The Bertz CT molecular complexity index is 1040. The summed E-state index contributed by atoms with van der Waals surface area (Å²) in [4.78, 5) is 13.6. The molecule has 0 saturated carbocycles. The zero-order valence-electron chi connectivity index (χ0n) is 18.3. The highest BCUT2D eigenvalue weighted by Crippen LogP contribution is 2.29. The maximum absolute atomic E-state index is 13.2. The number of halogens is 3. The highest BCUT2D eigenvalue weighted by molar-refractivity contribution is 5.98. The predicted octanol–water partition coefficient (Wildman–Crippen LogP) is 6.00. The van der Waals surface area contributed by atoms with Gasteiger partial charge in [0.25, 0.3) is 0 Å². The van der Waals surface area contributed by atoms with Crippen molar-refractivity contribution in [2.45, 2.75) is 32.0 Å². The van der Waals surface area contributed by atoms with Crippen LogP contribution >= 0.6 is 0 Å². The van der Waals surface area contributed by atoms with E-state index < -0.39 is 18.8 Å². The molecule has 2 aromatic rings. The summed E-state index contributed by atoms with van der Waals surface area (Å²) in [5.74, 6) is 1.02. The number of carbonyl (C=O) groups is 1. The van der Waals surface area contributed by atoms with Crippen LogP contribution in [0, 0.1) is 0 Å². The van der Waals surface area contributed by atoms with Crippen LogP contribution in [0.15, 0.2) is 90.0 Å². The van der Waals surface area contributed by atoms with Crippen LogP contribution in [0.3, 0.4) is 0 Å². The molecule has 3 rings (SSSR count). The standard InChI is InChI=1S/C26H26F3NO3/c1-2-24(31)20-10-7-6-9-19(15-20)17-30(18-25(32)26(27,28)29)21-11-8-14-23(16-21)33-22-12-4-3-5-13-22/h3-6,8-16,25,32H,2,7,17-18H2,1H3. The zero-order valence-corrected chi connectivity index (χ0v) is 18.3. The van der Waals surface area contributed by atoms with Gasteiger partial charge in [-0.2, -0.15) is 13.2 Å². The molecular weight excluding hydrogens is 431 g/mol. The second-order valence-electron chi connectivity index (χ2n) is 7.64. The molecule has 4 nitrogen and oxygen atoms in total. The third-order valence-electron chi connectivity index (χ3n) is 5.10. The lowest BCUT2D eigenvalue weighted by atomic mass is 10.1. The van der Waals surface area contributed by atoms with Crippen LogP contribution in [0.5, 0.6) is 11.5 Å². The minimum atomic E-state index is -4.76. The number of alkyl halides is 3. The number of rotatable bonds is 9. The van der Waals surface area contributed by atoms with Gasteiger partial charge in [0.1, 0.15) is 11.5 Å². The number of para-hydroxylation sites is 1. The fraction of sp³-hybridized carbons (Fsp3) is 0.269. The molecule has 1 N–H and O–H groups in total. The molecule has 0 saturated heterocycles. The normalized spacial score (nSPS) is 14.7. The fourth-order valence-electron chi connectivity index (χ4n) is 3.38. The van der Waals surface area contributed by atoms with E-state index in [-0.39, 0.29) is 12.3 Å². The van der Waals surface area contributed by atoms with E-state index in [1.54, 1.807) is 61.5 Å². The van der Waals surface area contributed by atoms with Crippen molar-refractivity contribution in [3.8, 4) is 11.5 Å². The number of Topliss-reactive ketones (excluding diaryl/α,β-unsaturated/α-hetero) is 1. The molecule has 0 spiro atoms. The summed E-state index contributed by atoms with van der Waals surface area (Å²) in [6.45, 7) is 1.18. The number of benzene rings is 2. The number of aliphatic hydroxyl groups is 1. The van der Waals surface area contributed by atoms with E-state index in [9.17, 15) is 23.1 Å². The number of nitrogens with zero attached hydrogens (tertiary/aromatic N) is 1. The summed E-state index contributed by atoms with van der Waals surface area (Å²) < 4.78 is 45.3. The van der Waals surface area contributed by atoms with Crippen molar-refractivity contribution in [3.05, 3.63) is 90.0 Å². The van der Waals surface area contributed by atoms with Gasteiger partial charge in [0.15, 0.2) is 11.9 Å². The molecule has 0 aromatic heterocycles. The van der Waals surface area contributed by atoms with Gasteiger partial charge in [-0.1, -0.05) is 49.4 Å².